The van der Waals surface area contributed by atoms with Crippen LogP contribution in [-0.4, -0.2) is 7.05 Å². The molecular formula is C16H14ClFN2. The molecule has 0 aliphatic heterocycles. The number of rotatable bonds is 3. The standard InChI is InChI=1S/C16H14ClFN2/c1-11(13-4-6-14(17)7-5-13)20(2)16-8-3-12(10-19)9-15(16)18/h3-9,11H,1-2H3. The van der Waals surface area contributed by atoms with Gasteiger partial charge in [0.2, 0.25) is 0 Å². The van der Waals surface area contributed by atoms with Crippen LogP contribution in [0.2, 0.25) is 5.02 Å². The number of benzene rings is 2. The summed E-state index contributed by atoms with van der Waals surface area (Å²) < 4.78 is 14.0. The first-order valence-electron chi connectivity index (χ1n) is 6.21. The van der Waals surface area contributed by atoms with Gasteiger partial charge in [0.1, 0.15) is 5.82 Å². The van der Waals surface area contributed by atoms with Gasteiger partial charge < -0.3 is 4.90 Å². The lowest BCUT2D eigenvalue weighted by molar-refractivity contribution is 0.611. The fourth-order valence-electron chi connectivity index (χ4n) is 2.04. The molecular weight excluding hydrogens is 275 g/mol. The summed E-state index contributed by atoms with van der Waals surface area (Å²) in [6.45, 7) is 1.99. The first kappa shape index (κ1) is 14.4. The van der Waals surface area contributed by atoms with Crippen molar-refractivity contribution in [2.24, 2.45) is 0 Å². The van der Waals surface area contributed by atoms with E-state index in [9.17, 15) is 4.39 Å². The molecule has 0 N–H and O–H groups in total. The minimum absolute atomic E-state index is 0.00491. The highest BCUT2D eigenvalue weighted by molar-refractivity contribution is 6.30. The van der Waals surface area contributed by atoms with Crippen LogP contribution in [0, 0.1) is 17.1 Å². The van der Waals surface area contributed by atoms with Crippen LogP contribution in [0.3, 0.4) is 0 Å². The Kier molecular flexibility index (Phi) is 4.26. The fraction of sp³-hybridized carbons (Fsp3) is 0.188. The Morgan fingerprint density at radius 3 is 2.40 bits per heavy atom. The van der Waals surface area contributed by atoms with Crippen molar-refractivity contribution >= 4 is 17.3 Å². The third kappa shape index (κ3) is 2.92. The van der Waals surface area contributed by atoms with Crippen molar-refractivity contribution in [1.29, 1.82) is 5.26 Å². The van der Waals surface area contributed by atoms with E-state index >= 15 is 0 Å². The molecule has 2 nitrogen and oxygen atoms in total. The smallest absolute Gasteiger partial charge is 0.147 e. The van der Waals surface area contributed by atoms with E-state index in [0.29, 0.717) is 16.3 Å². The zero-order chi connectivity index (χ0) is 14.7. The molecule has 0 amide bonds. The lowest BCUT2D eigenvalue weighted by Crippen LogP contribution is -2.22. The first-order valence-corrected chi connectivity index (χ1v) is 6.58. The minimum Gasteiger partial charge on any atom is -0.365 e. The molecule has 2 aromatic rings. The molecule has 102 valence electrons. The van der Waals surface area contributed by atoms with Gasteiger partial charge in [0, 0.05) is 12.1 Å². The number of anilines is 1. The second kappa shape index (κ2) is 5.94. The van der Waals surface area contributed by atoms with Crippen LogP contribution < -0.4 is 4.90 Å². The van der Waals surface area contributed by atoms with E-state index in [1.54, 1.807) is 12.1 Å². The highest BCUT2D eigenvalue weighted by atomic mass is 35.5. The molecule has 0 heterocycles. The zero-order valence-corrected chi connectivity index (χ0v) is 12.0. The van der Waals surface area contributed by atoms with Gasteiger partial charge in [-0.15, -0.1) is 0 Å². The van der Waals surface area contributed by atoms with Gasteiger partial charge in [-0.3, -0.25) is 0 Å². The topological polar surface area (TPSA) is 27.0 Å². The summed E-state index contributed by atoms with van der Waals surface area (Å²) in [6, 6.07) is 13.9. The lowest BCUT2D eigenvalue weighted by atomic mass is 10.1. The van der Waals surface area contributed by atoms with Crippen molar-refractivity contribution in [2.75, 3.05) is 11.9 Å². The van der Waals surface area contributed by atoms with Gasteiger partial charge in [0.15, 0.2) is 0 Å². The summed E-state index contributed by atoms with van der Waals surface area (Å²) in [5, 5.41) is 9.44. The monoisotopic (exact) mass is 288 g/mol. The van der Waals surface area contributed by atoms with Crippen molar-refractivity contribution in [3.63, 3.8) is 0 Å². The Balaban J connectivity index is 2.29. The summed E-state index contributed by atoms with van der Waals surface area (Å²) in [5.41, 5.74) is 1.82. The van der Waals surface area contributed by atoms with Gasteiger partial charge in [-0.2, -0.15) is 5.26 Å². The Morgan fingerprint density at radius 2 is 1.85 bits per heavy atom. The van der Waals surface area contributed by atoms with Crippen LogP contribution in [0.15, 0.2) is 42.5 Å². The highest BCUT2D eigenvalue weighted by Crippen LogP contribution is 2.28. The third-order valence-corrected chi connectivity index (χ3v) is 3.64. The first-order chi connectivity index (χ1) is 9.52. The van der Waals surface area contributed by atoms with Crippen molar-refractivity contribution in [1.82, 2.24) is 0 Å². The minimum atomic E-state index is -0.396. The molecule has 2 aromatic carbocycles. The molecule has 4 heteroatoms. The molecule has 0 saturated heterocycles. The van der Waals surface area contributed by atoms with E-state index in [0.717, 1.165) is 5.56 Å². The lowest BCUT2D eigenvalue weighted by Gasteiger charge is -2.27. The summed E-state index contributed by atoms with van der Waals surface area (Å²) in [5.74, 6) is -0.396. The number of nitrogens with zero attached hydrogens (tertiary/aromatic N) is 2. The molecule has 0 radical (unpaired) electrons. The fourth-order valence-corrected chi connectivity index (χ4v) is 2.16. The van der Waals surface area contributed by atoms with Crippen LogP contribution in [0.4, 0.5) is 10.1 Å². The molecule has 2 rings (SSSR count). The van der Waals surface area contributed by atoms with Gasteiger partial charge >= 0.3 is 0 Å². The molecule has 0 aromatic heterocycles. The quantitative estimate of drug-likeness (QED) is 0.828. The van der Waals surface area contributed by atoms with Crippen LogP contribution in [-0.2, 0) is 0 Å². The highest BCUT2D eigenvalue weighted by Gasteiger charge is 2.16. The molecule has 20 heavy (non-hydrogen) atoms. The molecule has 0 aliphatic rings. The van der Waals surface area contributed by atoms with Crippen LogP contribution in [0.25, 0.3) is 0 Å². The maximum Gasteiger partial charge on any atom is 0.147 e. The number of hydrogen-bond acceptors (Lipinski definition) is 2. The average molecular weight is 289 g/mol. The predicted octanol–water partition coefficient (Wildman–Crippen LogP) is 4.55. The van der Waals surface area contributed by atoms with E-state index in [2.05, 4.69) is 0 Å². The molecule has 0 spiro atoms. The number of halogens is 2. The molecule has 0 bridgehead atoms. The Hall–Kier alpha value is -2.05. The average Bonchev–Trinajstić information content (AvgIpc) is 2.46. The van der Waals surface area contributed by atoms with E-state index in [4.69, 9.17) is 16.9 Å². The van der Waals surface area contributed by atoms with Crippen molar-refractivity contribution in [3.8, 4) is 6.07 Å². The summed E-state index contributed by atoms with van der Waals surface area (Å²) >= 11 is 5.87. The largest absolute Gasteiger partial charge is 0.365 e. The van der Waals surface area contributed by atoms with Crippen LogP contribution >= 0.6 is 11.6 Å². The maximum absolute atomic E-state index is 14.0. The molecule has 1 unspecified atom stereocenters. The molecule has 0 fully saturated rings. The van der Waals surface area contributed by atoms with E-state index in [-0.39, 0.29) is 6.04 Å². The van der Waals surface area contributed by atoms with Crippen molar-refractivity contribution in [2.45, 2.75) is 13.0 Å². The van der Waals surface area contributed by atoms with Gasteiger partial charge in [-0.1, -0.05) is 23.7 Å². The van der Waals surface area contributed by atoms with Gasteiger partial charge in [-0.25, -0.2) is 4.39 Å². The van der Waals surface area contributed by atoms with E-state index in [1.807, 2.05) is 49.2 Å². The summed E-state index contributed by atoms with van der Waals surface area (Å²) in [4.78, 5) is 1.83. The maximum atomic E-state index is 14.0. The normalized spacial score (nSPS) is 11.8. The number of hydrogen-bond donors (Lipinski definition) is 0. The van der Waals surface area contributed by atoms with Crippen molar-refractivity contribution < 1.29 is 4.39 Å². The molecule has 1 atom stereocenters. The summed E-state index contributed by atoms with van der Waals surface area (Å²) in [7, 11) is 1.82. The Labute approximate surface area is 123 Å². The SMILES string of the molecule is CC(c1ccc(Cl)cc1)N(C)c1ccc(C#N)cc1F. The Bertz CT molecular complexity index is 647. The molecule has 0 saturated carbocycles. The predicted molar refractivity (Wildman–Crippen MR) is 79.4 cm³/mol. The Morgan fingerprint density at radius 1 is 1.20 bits per heavy atom. The van der Waals surface area contributed by atoms with Gasteiger partial charge in [0.05, 0.1) is 23.4 Å². The second-order valence-corrected chi connectivity index (χ2v) is 5.05. The zero-order valence-electron chi connectivity index (χ0n) is 11.3. The third-order valence-electron chi connectivity index (χ3n) is 3.39. The second-order valence-electron chi connectivity index (χ2n) is 4.62. The van der Waals surface area contributed by atoms with Gasteiger partial charge in [-0.05, 0) is 42.8 Å². The van der Waals surface area contributed by atoms with Crippen LogP contribution in [0.5, 0.6) is 0 Å². The van der Waals surface area contributed by atoms with Gasteiger partial charge in [0.25, 0.3) is 0 Å². The van der Waals surface area contributed by atoms with E-state index in [1.165, 1.54) is 6.07 Å². The van der Waals surface area contributed by atoms with Crippen molar-refractivity contribution in [3.05, 3.63) is 64.4 Å². The summed E-state index contributed by atoms with van der Waals surface area (Å²) in [6.07, 6.45) is 0. The van der Waals surface area contributed by atoms with E-state index < -0.39 is 5.82 Å². The molecule has 0 aliphatic carbocycles. The number of nitriles is 1. The van der Waals surface area contributed by atoms with Crippen LogP contribution in [0.1, 0.15) is 24.1 Å².